The second-order valence-corrected chi connectivity index (χ2v) is 2.96. The molecule has 5 heteroatoms. The summed E-state index contributed by atoms with van der Waals surface area (Å²) < 4.78 is 30.1. The van der Waals surface area contributed by atoms with Gasteiger partial charge in [-0.3, -0.25) is 4.98 Å². The van der Waals surface area contributed by atoms with Gasteiger partial charge in [-0.1, -0.05) is 0 Å². The Balaban J connectivity index is 3.26. The summed E-state index contributed by atoms with van der Waals surface area (Å²) in [5, 5.41) is 8.46. The number of rotatable bonds is 3. The zero-order chi connectivity index (χ0) is 11.4. The van der Waals surface area contributed by atoms with E-state index in [1.165, 1.54) is 20.1 Å². The van der Waals surface area contributed by atoms with Crippen LogP contribution in [0.25, 0.3) is 0 Å². The van der Waals surface area contributed by atoms with Gasteiger partial charge in [-0.25, -0.2) is 8.78 Å². The van der Waals surface area contributed by atoms with E-state index in [0.29, 0.717) is 17.0 Å². The van der Waals surface area contributed by atoms with Gasteiger partial charge in [0.05, 0.1) is 25.3 Å². The number of nitrogens with zero attached hydrogens (tertiary/aromatic N) is 2. The summed E-state index contributed by atoms with van der Waals surface area (Å²) in [4.78, 5) is 3.72. The zero-order valence-electron chi connectivity index (χ0n) is 8.42. The quantitative estimate of drug-likeness (QED) is 0.772. The van der Waals surface area contributed by atoms with Crippen LogP contribution >= 0.6 is 0 Å². The Hall–Kier alpha value is -1.70. The number of nitriles is 1. The first-order valence-electron chi connectivity index (χ1n) is 4.29. The maximum Gasteiger partial charge on any atom is 0.280 e. The lowest BCUT2D eigenvalue weighted by Gasteiger charge is -2.10. The number of pyridine rings is 1. The van der Waals surface area contributed by atoms with E-state index in [0.717, 1.165) is 0 Å². The Morgan fingerprint density at radius 1 is 1.60 bits per heavy atom. The molecule has 0 saturated carbocycles. The van der Waals surface area contributed by atoms with Crippen LogP contribution in [0.5, 0.6) is 5.75 Å². The molecule has 0 aromatic carbocycles. The van der Waals surface area contributed by atoms with Gasteiger partial charge in [0.1, 0.15) is 11.4 Å². The lowest BCUT2D eigenvalue weighted by Crippen LogP contribution is -2.02. The van der Waals surface area contributed by atoms with Crippen LogP contribution in [0.2, 0.25) is 0 Å². The molecule has 0 radical (unpaired) electrons. The minimum absolute atomic E-state index is 0.00361. The molecule has 3 nitrogen and oxygen atoms in total. The normalized spacial score (nSPS) is 10.1. The van der Waals surface area contributed by atoms with Crippen LogP contribution in [0.1, 0.15) is 23.4 Å². The van der Waals surface area contributed by atoms with Gasteiger partial charge in [0, 0.05) is 11.6 Å². The summed E-state index contributed by atoms with van der Waals surface area (Å²) in [5.41, 5.74) is 0.295. The number of alkyl halides is 2. The van der Waals surface area contributed by atoms with Crippen LogP contribution in [0.15, 0.2) is 6.07 Å². The summed E-state index contributed by atoms with van der Waals surface area (Å²) in [6.07, 6.45) is -2.66. The highest BCUT2D eigenvalue weighted by Crippen LogP contribution is 2.28. The predicted molar refractivity (Wildman–Crippen MR) is 49.8 cm³/mol. The summed E-state index contributed by atoms with van der Waals surface area (Å²) in [6, 6.07) is 3.36. The van der Waals surface area contributed by atoms with Crippen LogP contribution in [-0.4, -0.2) is 12.1 Å². The van der Waals surface area contributed by atoms with E-state index in [1.54, 1.807) is 0 Å². The van der Waals surface area contributed by atoms with E-state index in [9.17, 15) is 8.78 Å². The van der Waals surface area contributed by atoms with Crippen molar-refractivity contribution in [1.82, 2.24) is 4.98 Å². The van der Waals surface area contributed by atoms with Crippen molar-refractivity contribution in [2.45, 2.75) is 19.8 Å². The lowest BCUT2D eigenvalue weighted by molar-refractivity contribution is 0.144. The van der Waals surface area contributed by atoms with Crippen LogP contribution in [0, 0.1) is 18.3 Å². The Morgan fingerprint density at radius 3 is 2.73 bits per heavy atom. The number of hydrogen-bond acceptors (Lipinski definition) is 3. The molecular formula is C10H10F2N2O. The highest BCUT2D eigenvalue weighted by Gasteiger charge is 2.17. The van der Waals surface area contributed by atoms with Crippen molar-refractivity contribution in [2.75, 3.05) is 7.11 Å². The topological polar surface area (TPSA) is 45.9 Å². The maximum atomic E-state index is 12.6. The number of aromatic nitrogens is 1. The number of ether oxygens (including phenoxy) is 1. The highest BCUT2D eigenvalue weighted by molar-refractivity contribution is 5.38. The Labute approximate surface area is 86.3 Å². The average molecular weight is 212 g/mol. The first-order valence-corrected chi connectivity index (χ1v) is 4.29. The monoisotopic (exact) mass is 212 g/mol. The Morgan fingerprint density at radius 2 is 2.27 bits per heavy atom. The molecule has 1 heterocycles. The molecule has 0 spiro atoms. The molecule has 0 aliphatic rings. The van der Waals surface area contributed by atoms with Gasteiger partial charge in [0.2, 0.25) is 0 Å². The van der Waals surface area contributed by atoms with Crippen LogP contribution < -0.4 is 4.74 Å². The largest absolute Gasteiger partial charge is 0.496 e. The van der Waals surface area contributed by atoms with E-state index in [1.807, 2.05) is 6.07 Å². The molecule has 15 heavy (non-hydrogen) atoms. The van der Waals surface area contributed by atoms with E-state index in [2.05, 4.69) is 4.98 Å². The SMILES string of the molecule is COc1cc(CC#N)nc(C(F)F)c1C. The Bertz CT molecular complexity index is 399. The van der Waals surface area contributed by atoms with Gasteiger partial charge in [-0.05, 0) is 6.92 Å². The molecule has 0 aliphatic carbocycles. The lowest BCUT2D eigenvalue weighted by atomic mass is 10.1. The maximum absolute atomic E-state index is 12.6. The highest BCUT2D eigenvalue weighted by atomic mass is 19.3. The second-order valence-electron chi connectivity index (χ2n) is 2.96. The van der Waals surface area contributed by atoms with Crippen molar-refractivity contribution in [3.8, 4) is 11.8 Å². The van der Waals surface area contributed by atoms with Crippen molar-refractivity contribution in [3.63, 3.8) is 0 Å². The van der Waals surface area contributed by atoms with E-state index in [4.69, 9.17) is 10.00 Å². The summed E-state index contributed by atoms with van der Waals surface area (Å²) in [5.74, 6) is 0.338. The van der Waals surface area contributed by atoms with Crippen molar-refractivity contribution in [2.24, 2.45) is 0 Å². The average Bonchev–Trinajstić information content (AvgIpc) is 2.20. The van der Waals surface area contributed by atoms with Crippen molar-refractivity contribution in [1.29, 1.82) is 5.26 Å². The molecule has 0 saturated heterocycles. The van der Waals surface area contributed by atoms with E-state index < -0.39 is 6.43 Å². The molecule has 0 amide bonds. The fourth-order valence-electron chi connectivity index (χ4n) is 1.25. The number of halogens is 2. The standard InChI is InChI=1S/C10H10F2N2O/c1-6-8(15-2)5-7(3-4-13)14-9(6)10(11)12/h5,10H,3H2,1-2H3. The fraction of sp³-hybridized carbons (Fsp3) is 0.400. The van der Waals surface area contributed by atoms with Gasteiger partial charge < -0.3 is 4.74 Å². The molecule has 1 aromatic heterocycles. The van der Waals surface area contributed by atoms with Crippen LogP contribution in [0.4, 0.5) is 8.78 Å². The third kappa shape index (κ3) is 2.40. The molecule has 0 unspecified atom stereocenters. The van der Waals surface area contributed by atoms with Crippen molar-refractivity contribution >= 4 is 0 Å². The molecule has 0 fully saturated rings. The fourth-order valence-corrected chi connectivity index (χ4v) is 1.25. The zero-order valence-corrected chi connectivity index (χ0v) is 8.42. The van der Waals surface area contributed by atoms with Gasteiger partial charge in [-0.15, -0.1) is 0 Å². The summed E-state index contributed by atoms with van der Waals surface area (Å²) >= 11 is 0. The van der Waals surface area contributed by atoms with Crippen LogP contribution in [0.3, 0.4) is 0 Å². The van der Waals surface area contributed by atoms with Crippen LogP contribution in [-0.2, 0) is 6.42 Å². The minimum atomic E-state index is -2.66. The second kappa shape index (κ2) is 4.69. The molecule has 1 aromatic rings. The van der Waals surface area contributed by atoms with Crippen molar-refractivity contribution in [3.05, 3.63) is 23.0 Å². The summed E-state index contributed by atoms with van der Waals surface area (Å²) in [6.45, 7) is 1.52. The number of methoxy groups -OCH3 is 1. The molecule has 1 rings (SSSR count). The van der Waals surface area contributed by atoms with E-state index in [-0.39, 0.29) is 12.1 Å². The third-order valence-electron chi connectivity index (χ3n) is 2.00. The molecule has 0 atom stereocenters. The third-order valence-corrected chi connectivity index (χ3v) is 2.00. The molecule has 80 valence electrons. The molecule has 0 N–H and O–H groups in total. The molecular weight excluding hydrogens is 202 g/mol. The summed E-state index contributed by atoms with van der Waals surface area (Å²) in [7, 11) is 1.40. The first-order chi connectivity index (χ1) is 7.10. The Kier molecular flexibility index (Phi) is 3.56. The van der Waals surface area contributed by atoms with Gasteiger partial charge in [0.15, 0.2) is 0 Å². The van der Waals surface area contributed by atoms with Crippen molar-refractivity contribution < 1.29 is 13.5 Å². The first kappa shape index (κ1) is 11.4. The minimum Gasteiger partial charge on any atom is -0.496 e. The van der Waals surface area contributed by atoms with Gasteiger partial charge in [0.25, 0.3) is 6.43 Å². The van der Waals surface area contributed by atoms with E-state index >= 15 is 0 Å². The molecule has 0 aliphatic heterocycles. The smallest absolute Gasteiger partial charge is 0.280 e. The predicted octanol–water partition coefficient (Wildman–Crippen LogP) is 2.40. The van der Waals surface area contributed by atoms with Gasteiger partial charge >= 0.3 is 0 Å². The van der Waals surface area contributed by atoms with Gasteiger partial charge in [-0.2, -0.15) is 5.26 Å². The number of hydrogen-bond donors (Lipinski definition) is 0. The molecule has 0 bridgehead atoms.